The van der Waals surface area contributed by atoms with E-state index in [0.717, 1.165) is 6.07 Å². The number of fused-ring (bicyclic) bond motifs is 2. The van der Waals surface area contributed by atoms with E-state index in [-0.39, 0.29) is 29.1 Å². The predicted molar refractivity (Wildman–Crippen MR) is 85.7 cm³/mol. The predicted octanol–water partition coefficient (Wildman–Crippen LogP) is 2.08. The second kappa shape index (κ2) is 5.76. The van der Waals surface area contributed by atoms with Crippen LogP contribution in [0.4, 0.5) is 10.1 Å². The van der Waals surface area contributed by atoms with Gasteiger partial charge in [-0.25, -0.2) is 9.18 Å². The Labute approximate surface area is 146 Å². The standard InChI is InChI=1S/C18H11FN2O5/c19-13-8-14-9(5-6-15(22)20-14)7-12(13)18(25)26-21-16(23)10-3-1-2-4-11(10)17(21)24/h1-4,7-8H,5-6H2,(H,20,22). The Morgan fingerprint density at radius 2 is 1.69 bits per heavy atom. The van der Waals surface area contributed by atoms with Crippen LogP contribution in [0.15, 0.2) is 36.4 Å². The zero-order chi connectivity index (χ0) is 18.4. The molecule has 2 aromatic rings. The number of imide groups is 1. The molecule has 0 radical (unpaired) electrons. The molecule has 8 heteroatoms. The van der Waals surface area contributed by atoms with Crippen molar-refractivity contribution in [2.75, 3.05) is 5.32 Å². The van der Waals surface area contributed by atoms with E-state index in [0.29, 0.717) is 17.0 Å². The Kier molecular flexibility index (Phi) is 3.54. The first kappa shape index (κ1) is 15.9. The van der Waals surface area contributed by atoms with E-state index in [1.54, 1.807) is 12.1 Å². The molecule has 0 atom stereocenters. The minimum atomic E-state index is -1.17. The smallest absolute Gasteiger partial charge is 0.326 e. The topological polar surface area (TPSA) is 92.8 Å². The molecule has 0 unspecified atom stereocenters. The Balaban J connectivity index is 1.61. The van der Waals surface area contributed by atoms with E-state index in [1.165, 1.54) is 18.2 Å². The van der Waals surface area contributed by atoms with Crippen LogP contribution < -0.4 is 5.32 Å². The number of benzene rings is 2. The van der Waals surface area contributed by atoms with Crippen molar-refractivity contribution in [1.82, 2.24) is 5.06 Å². The van der Waals surface area contributed by atoms with Gasteiger partial charge in [0, 0.05) is 12.1 Å². The lowest BCUT2D eigenvalue weighted by atomic mass is 10.00. The third-order valence-electron chi connectivity index (χ3n) is 4.24. The molecule has 0 aliphatic carbocycles. The molecule has 0 fully saturated rings. The third-order valence-corrected chi connectivity index (χ3v) is 4.24. The van der Waals surface area contributed by atoms with Crippen LogP contribution in [0.3, 0.4) is 0 Å². The van der Waals surface area contributed by atoms with Crippen molar-refractivity contribution in [2.45, 2.75) is 12.8 Å². The molecule has 1 N–H and O–H groups in total. The van der Waals surface area contributed by atoms with Crippen LogP contribution >= 0.6 is 0 Å². The summed E-state index contributed by atoms with van der Waals surface area (Å²) in [6, 6.07) is 8.30. The normalized spacial score (nSPS) is 15.4. The molecule has 130 valence electrons. The number of nitrogens with zero attached hydrogens (tertiary/aromatic N) is 1. The Morgan fingerprint density at radius 1 is 1.04 bits per heavy atom. The lowest BCUT2D eigenvalue weighted by Gasteiger charge is -2.18. The summed E-state index contributed by atoms with van der Waals surface area (Å²) in [6.07, 6.45) is 0.556. The number of halogens is 1. The number of hydrogen-bond acceptors (Lipinski definition) is 5. The maximum Gasteiger partial charge on any atom is 0.366 e. The van der Waals surface area contributed by atoms with Crippen LogP contribution in [0.5, 0.6) is 0 Å². The number of carbonyl (C=O) groups excluding carboxylic acids is 4. The van der Waals surface area contributed by atoms with Crippen molar-refractivity contribution in [2.24, 2.45) is 0 Å². The van der Waals surface area contributed by atoms with Crippen LogP contribution in [0, 0.1) is 5.82 Å². The second-order valence-corrected chi connectivity index (χ2v) is 5.87. The number of amides is 3. The van der Waals surface area contributed by atoms with Gasteiger partial charge in [-0.3, -0.25) is 14.4 Å². The maximum absolute atomic E-state index is 14.2. The number of nitrogens with one attached hydrogen (secondary N) is 1. The lowest BCUT2D eigenvalue weighted by molar-refractivity contribution is -0.116. The van der Waals surface area contributed by atoms with Gasteiger partial charge in [-0.05, 0) is 36.2 Å². The van der Waals surface area contributed by atoms with E-state index in [2.05, 4.69) is 5.32 Å². The van der Waals surface area contributed by atoms with Crippen LogP contribution in [-0.2, 0) is 16.1 Å². The highest BCUT2D eigenvalue weighted by molar-refractivity contribution is 6.21. The van der Waals surface area contributed by atoms with Crippen molar-refractivity contribution in [1.29, 1.82) is 0 Å². The molecule has 2 heterocycles. The van der Waals surface area contributed by atoms with Gasteiger partial charge in [-0.1, -0.05) is 17.2 Å². The van der Waals surface area contributed by atoms with Gasteiger partial charge < -0.3 is 10.2 Å². The third kappa shape index (κ3) is 2.43. The lowest BCUT2D eigenvalue weighted by Crippen LogP contribution is -2.33. The van der Waals surface area contributed by atoms with Crippen molar-refractivity contribution in [3.8, 4) is 0 Å². The highest BCUT2D eigenvalue weighted by atomic mass is 19.1. The van der Waals surface area contributed by atoms with E-state index in [1.807, 2.05) is 0 Å². The molecule has 2 aromatic carbocycles. The van der Waals surface area contributed by atoms with Gasteiger partial charge in [0.2, 0.25) is 5.91 Å². The number of rotatable bonds is 2. The molecule has 0 bridgehead atoms. The summed E-state index contributed by atoms with van der Waals surface area (Å²) in [5.74, 6) is -3.91. The van der Waals surface area contributed by atoms with Gasteiger partial charge in [-0.2, -0.15) is 0 Å². The average molecular weight is 354 g/mol. The second-order valence-electron chi connectivity index (χ2n) is 5.87. The first-order valence-electron chi connectivity index (χ1n) is 7.78. The van der Waals surface area contributed by atoms with Crippen molar-refractivity contribution in [3.05, 3.63) is 64.5 Å². The van der Waals surface area contributed by atoms with Gasteiger partial charge in [0.1, 0.15) is 5.82 Å². The van der Waals surface area contributed by atoms with E-state index in [9.17, 15) is 23.6 Å². The van der Waals surface area contributed by atoms with Gasteiger partial charge in [0.05, 0.1) is 16.7 Å². The molecule has 0 saturated heterocycles. The van der Waals surface area contributed by atoms with Crippen molar-refractivity contribution < 1.29 is 28.4 Å². The van der Waals surface area contributed by atoms with Gasteiger partial charge >= 0.3 is 5.97 Å². The molecular formula is C18H11FN2O5. The van der Waals surface area contributed by atoms with Crippen molar-refractivity contribution in [3.63, 3.8) is 0 Å². The summed E-state index contributed by atoms with van der Waals surface area (Å²) in [5, 5.41) is 2.84. The Morgan fingerprint density at radius 3 is 2.35 bits per heavy atom. The highest BCUT2D eigenvalue weighted by Crippen LogP contribution is 2.28. The first-order valence-corrected chi connectivity index (χ1v) is 7.78. The number of carbonyl (C=O) groups is 4. The van der Waals surface area contributed by atoms with E-state index < -0.39 is 29.2 Å². The summed E-state index contributed by atoms with van der Waals surface area (Å²) in [6.45, 7) is 0. The fourth-order valence-electron chi connectivity index (χ4n) is 2.94. The van der Waals surface area contributed by atoms with Crippen molar-refractivity contribution >= 4 is 29.4 Å². The van der Waals surface area contributed by atoms with Gasteiger partial charge in [0.15, 0.2) is 0 Å². The Hall–Kier alpha value is -3.55. The quantitative estimate of drug-likeness (QED) is 0.834. The summed E-state index contributed by atoms with van der Waals surface area (Å²) >= 11 is 0. The number of hydroxylamine groups is 2. The van der Waals surface area contributed by atoms with E-state index in [4.69, 9.17) is 4.84 Å². The number of hydrogen-bond donors (Lipinski definition) is 1. The van der Waals surface area contributed by atoms with Crippen LogP contribution in [0.25, 0.3) is 0 Å². The molecule has 2 aliphatic heterocycles. The first-order chi connectivity index (χ1) is 12.5. The largest absolute Gasteiger partial charge is 0.366 e. The molecule has 3 amide bonds. The summed E-state index contributed by atoms with van der Waals surface area (Å²) in [5.41, 5.74) is 0.658. The van der Waals surface area contributed by atoms with Crippen LogP contribution in [-0.4, -0.2) is 28.8 Å². The summed E-state index contributed by atoms with van der Waals surface area (Å²) < 4.78 is 14.2. The zero-order valence-corrected chi connectivity index (χ0v) is 13.2. The fraction of sp³-hybridized carbons (Fsp3) is 0.111. The molecule has 2 aliphatic rings. The van der Waals surface area contributed by atoms with Gasteiger partial charge in [0.25, 0.3) is 11.8 Å². The zero-order valence-electron chi connectivity index (χ0n) is 13.2. The Bertz CT molecular complexity index is 966. The molecule has 0 spiro atoms. The van der Waals surface area contributed by atoms with E-state index >= 15 is 0 Å². The maximum atomic E-state index is 14.2. The summed E-state index contributed by atoms with van der Waals surface area (Å²) in [4.78, 5) is 53.0. The molecular weight excluding hydrogens is 343 g/mol. The minimum Gasteiger partial charge on any atom is -0.326 e. The number of aryl methyl sites for hydroxylation is 1. The van der Waals surface area contributed by atoms with Crippen LogP contribution in [0.2, 0.25) is 0 Å². The average Bonchev–Trinajstić information content (AvgIpc) is 2.86. The fourth-order valence-corrected chi connectivity index (χ4v) is 2.94. The highest BCUT2D eigenvalue weighted by Gasteiger charge is 2.39. The van der Waals surface area contributed by atoms with Gasteiger partial charge in [-0.15, -0.1) is 0 Å². The SMILES string of the molecule is O=C1CCc2cc(C(=O)ON3C(=O)c4ccccc4C3=O)c(F)cc2N1. The monoisotopic (exact) mass is 354 g/mol. The molecule has 0 saturated carbocycles. The minimum absolute atomic E-state index is 0.110. The molecule has 7 nitrogen and oxygen atoms in total. The van der Waals surface area contributed by atoms with Crippen LogP contribution in [0.1, 0.15) is 43.1 Å². The molecule has 0 aromatic heterocycles. The number of anilines is 1. The summed E-state index contributed by atoms with van der Waals surface area (Å²) in [7, 11) is 0. The molecule has 26 heavy (non-hydrogen) atoms. The molecule has 4 rings (SSSR count).